The van der Waals surface area contributed by atoms with Crippen molar-refractivity contribution in [3.63, 3.8) is 0 Å². The van der Waals surface area contributed by atoms with E-state index in [9.17, 15) is 13.2 Å². The third-order valence-electron chi connectivity index (χ3n) is 4.07. The molecule has 4 aromatic heterocycles. The standard InChI is InChI=1S/C17H13F3N8/c18-17(19,20)11-3-9(5-26-16(11)22)12-1-2-15-25-8-13(28(15)27-12)10-6-23-14(4-21)24-7-10/h1-3,5-8H,4,21H2,(H2,22,26). The minimum Gasteiger partial charge on any atom is -0.383 e. The van der Waals surface area contributed by atoms with Gasteiger partial charge >= 0.3 is 6.18 Å². The molecule has 0 fully saturated rings. The molecule has 4 N–H and O–H groups in total. The Hall–Kier alpha value is -3.60. The summed E-state index contributed by atoms with van der Waals surface area (Å²) in [6.45, 7) is 0.210. The van der Waals surface area contributed by atoms with Crippen LogP contribution in [0.1, 0.15) is 11.4 Å². The SMILES string of the molecule is NCc1ncc(-c2cnc3ccc(-c4cnc(N)c(C(F)(F)F)c4)nn23)cn1. The summed E-state index contributed by atoms with van der Waals surface area (Å²) in [6, 6.07) is 4.13. The van der Waals surface area contributed by atoms with E-state index < -0.39 is 17.6 Å². The fraction of sp³-hybridized carbons (Fsp3) is 0.118. The normalized spacial score (nSPS) is 11.9. The molecule has 142 valence electrons. The minimum absolute atomic E-state index is 0.179. The molecule has 0 atom stereocenters. The van der Waals surface area contributed by atoms with E-state index >= 15 is 0 Å². The number of hydrogen-bond donors (Lipinski definition) is 2. The number of aromatic nitrogens is 6. The fourth-order valence-electron chi connectivity index (χ4n) is 2.66. The van der Waals surface area contributed by atoms with Gasteiger partial charge in [0.15, 0.2) is 5.65 Å². The van der Waals surface area contributed by atoms with Gasteiger partial charge in [0, 0.05) is 29.7 Å². The van der Waals surface area contributed by atoms with Crippen LogP contribution in [0.15, 0.2) is 43.0 Å². The molecule has 0 bridgehead atoms. The zero-order valence-corrected chi connectivity index (χ0v) is 14.2. The fourth-order valence-corrected chi connectivity index (χ4v) is 2.66. The molecule has 11 heteroatoms. The summed E-state index contributed by atoms with van der Waals surface area (Å²) in [5, 5.41) is 4.40. The molecule has 28 heavy (non-hydrogen) atoms. The Morgan fingerprint density at radius 3 is 2.32 bits per heavy atom. The van der Waals surface area contributed by atoms with E-state index in [1.807, 2.05) is 0 Å². The van der Waals surface area contributed by atoms with E-state index in [0.29, 0.717) is 22.7 Å². The first-order chi connectivity index (χ1) is 13.4. The Balaban J connectivity index is 1.82. The van der Waals surface area contributed by atoms with Crippen LogP contribution < -0.4 is 11.5 Å². The van der Waals surface area contributed by atoms with E-state index in [4.69, 9.17) is 11.5 Å². The van der Waals surface area contributed by atoms with Gasteiger partial charge in [-0.25, -0.2) is 24.5 Å². The molecular weight excluding hydrogens is 373 g/mol. The van der Waals surface area contributed by atoms with Crippen molar-refractivity contribution < 1.29 is 13.2 Å². The molecule has 0 aliphatic rings. The number of nitrogen functional groups attached to an aromatic ring is 1. The van der Waals surface area contributed by atoms with Crippen LogP contribution >= 0.6 is 0 Å². The summed E-state index contributed by atoms with van der Waals surface area (Å²) in [7, 11) is 0. The van der Waals surface area contributed by atoms with Crippen molar-refractivity contribution in [3.8, 4) is 22.5 Å². The Morgan fingerprint density at radius 1 is 0.929 bits per heavy atom. The summed E-state index contributed by atoms with van der Waals surface area (Å²) in [6.07, 6.45) is 1.38. The van der Waals surface area contributed by atoms with Crippen molar-refractivity contribution in [2.24, 2.45) is 5.73 Å². The first kappa shape index (κ1) is 17.8. The Bertz CT molecular complexity index is 1150. The van der Waals surface area contributed by atoms with Gasteiger partial charge in [0.1, 0.15) is 11.6 Å². The molecule has 0 aromatic carbocycles. The number of pyridine rings is 1. The third-order valence-corrected chi connectivity index (χ3v) is 4.07. The quantitative estimate of drug-likeness (QED) is 0.554. The second kappa shape index (κ2) is 6.53. The van der Waals surface area contributed by atoms with Gasteiger partial charge < -0.3 is 11.5 Å². The molecule has 0 spiro atoms. The smallest absolute Gasteiger partial charge is 0.383 e. The molecule has 0 aliphatic carbocycles. The van der Waals surface area contributed by atoms with Crippen LogP contribution in [0, 0.1) is 0 Å². The largest absolute Gasteiger partial charge is 0.419 e. The number of anilines is 1. The van der Waals surface area contributed by atoms with E-state index in [-0.39, 0.29) is 17.8 Å². The minimum atomic E-state index is -4.61. The zero-order chi connectivity index (χ0) is 19.9. The van der Waals surface area contributed by atoms with Gasteiger partial charge in [0.2, 0.25) is 0 Å². The van der Waals surface area contributed by atoms with E-state index in [1.165, 1.54) is 10.7 Å². The Labute approximate surface area is 156 Å². The lowest BCUT2D eigenvalue weighted by Crippen LogP contribution is -2.10. The summed E-state index contributed by atoms with van der Waals surface area (Å²) < 4.78 is 40.8. The van der Waals surface area contributed by atoms with Crippen LogP contribution in [0.5, 0.6) is 0 Å². The first-order valence-electron chi connectivity index (χ1n) is 8.06. The number of fused-ring (bicyclic) bond motifs is 1. The monoisotopic (exact) mass is 386 g/mol. The third kappa shape index (κ3) is 3.11. The highest BCUT2D eigenvalue weighted by Gasteiger charge is 2.34. The molecule has 0 amide bonds. The van der Waals surface area contributed by atoms with Gasteiger partial charge in [-0.3, -0.25) is 0 Å². The number of rotatable bonds is 3. The van der Waals surface area contributed by atoms with Gasteiger partial charge in [-0.1, -0.05) is 0 Å². The summed E-state index contributed by atoms with van der Waals surface area (Å²) >= 11 is 0. The van der Waals surface area contributed by atoms with Crippen LogP contribution in [-0.2, 0) is 12.7 Å². The molecule has 4 rings (SSSR count). The average Bonchev–Trinajstić information content (AvgIpc) is 3.10. The number of imidazole rings is 1. The lowest BCUT2D eigenvalue weighted by molar-refractivity contribution is -0.137. The van der Waals surface area contributed by atoms with E-state index in [0.717, 1.165) is 6.07 Å². The van der Waals surface area contributed by atoms with Crippen LogP contribution in [0.3, 0.4) is 0 Å². The molecule has 0 radical (unpaired) electrons. The molecule has 0 aliphatic heterocycles. The maximum Gasteiger partial charge on any atom is 0.419 e. The summed E-state index contributed by atoms with van der Waals surface area (Å²) in [5.74, 6) is -0.100. The van der Waals surface area contributed by atoms with Gasteiger partial charge in [-0.15, -0.1) is 0 Å². The average molecular weight is 386 g/mol. The van der Waals surface area contributed by atoms with Crippen molar-refractivity contribution in [1.82, 2.24) is 29.5 Å². The van der Waals surface area contributed by atoms with Crippen LogP contribution in [0.4, 0.5) is 19.0 Å². The predicted octanol–water partition coefficient (Wildman–Crippen LogP) is 2.31. The molecular formula is C17H13F3N8. The highest BCUT2D eigenvalue weighted by molar-refractivity contribution is 5.66. The summed E-state index contributed by atoms with van der Waals surface area (Å²) in [5.41, 5.74) is 12.0. The van der Waals surface area contributed by atoms with Crippen LogP contribution in [0.25, 0.3) is 28.2 Å². The second-order valence-electron chi connectivity index (χ2n) is 5.88. The molecule has 8 nitrogen and oxygen atoms in total. The van der Waals surface area contributed by atoms with Gasteiger partial charge in [0.25, 0.3) is 0 Å². The Kier molecular flexibility index (Phi) is 4.15. The van der Waals surface area contributed by atoms with Gasteiger partial charge in [0.05, 0.1) is 29.7 Å². The highest BCUT2D eigenvalue weighted by Crippen LogP contribution is 2.34. The van der Waals surface area contributed by atoms with Crippen molar-refractivity contribution in [1.29, 1.82) is 0 Å². The maximum absolute atomic E-state index is 13.1. The number of nitrogens with two attached hydrogens (primary N) is 2. The van der Waals surface area contributed by atoms with Crippen molar-refractivity contribution in [2.45, 2.75) is 12.7 Å². The zero-order valence-electron chi connectivity index (χ0n) is 14.2. The topological polar surface area (TPSA) is 121 Å². The van der Waals surface area contributed by atoms with Gasteiger partial charge in [-0.05, 0) is 18.2 Å². The van der Waals surface area contributed by atoms with Crippen molar-refractivity contribution in [2.75, 3.05) is 5.73 Å². The molecule has 4 heterocycles. The highest BCUT2D eigenvalue weighted by atomic mass is 19.4. The van der Waals surface area contributed by atoms with E-state index in [2.05, 4.69) is 25.0 Å². The van der Waals surface area contributed by atoms with Crippen LogP contribution in [-0.4, -0.2) is 29.5 Å². The Morgan fingerprint density at radius 2 is 1.64 bits per heavy atom. The lowest BCUT2D eigenvalue weighted by Gasteiger charge is -2.11. The van der Waals surface area contributed by atoms with Crippen LogP contribution in [0.2, 0.25) is 0 Å². The molecule has 0 saturated carbocycles. The van der Waals surface area contributed by atoms with Crippen molar-refractivity contribution in [3.05, 3.63) is 54.4 Å². The molecule has 4 aromatic rings. The first-order valence-corrected chi connectivity index (χ1v) is 8.06. The molecule has 0 unspecified atom stereocenters. The number of alkyl halides is 3. The van der Waals surface area contributed by atoms with Gasteiger partial charge in [-0.2, -0.15) is 18.3 Å². The van der Waals surface area contributed by atoms with Crippen molar-refractivity contribution >= 4 is 11.5 Å². The summed E-state index contributed by atoms with van der Waals surface area (Å²) in [4.78, 5) is 16.2. The number of halogens is 3. The molecule has 0 saturated heterocycles. The second-order valence-corrected chi connectivity index (χ2v) is 5.88. The maximum atomic E-state index is 13.1. The van der Waals surface area contributed by atoms with E-state index in [1.54, 1.807) is 30.7 Å². The lowest BCUT2D eigenvalue weighted by atomic mass is 10.1. The number of nitrogens with zero attached hydrogens (tertiary/aromatic N) is 6. The predicted molar refractivity (Wildman–Crippen MR) is 94.5 cm³/mol. The number of hydrogen-bond acceptors (Lipinski definition) is 7.